The molecular weight excluding hydrogens is 336 g/mol. The Kier molecular flexibility index (Phi) is 5.78. The third-order valence-corrected chi connectivity index (χ3v) is 6.19. The van der Waals surface area contributed by atoms with Gasteiger partial charge in [-0.15, -0.1) is 11.3 Å². The van der Waals surface area contributed by atoms with E-state index >= 15 is 0 Å². The topological polar surface area (TPSA) is 49.9 Å². The summed E-state index contributed by atoms with van der Waals surface area (Å²) in [6.45, 7) is 6.20. The van der Waals surface area contributed by atoms with E-state index in [4.69, 9.17) is 4.74 Å². The van der Waals surface area contributed by atoms with Gasteiger partial charge in [0.05, 0.1) is 6.04 Å². The van der Waals surface area contributed by atoms with Gasteiger partial charge in [-0.05, 0) is 36.3 Å². The summed E-state index contributed by atoms with van der Waals surface area (Å²) in [5.41, 5.74) is 0. The van der Waals surface area contributed by atoms with E-state index in [1.807, 2.05) is 33.4 Å². The van der Waals surface area contributed by atoms with E-state index in [2.05, 4.69) is 13.8 Å². The summed E-state index contributed by atoms with van der Waals surface area (Å²) in [6.07, 6.45) is 6.01. The smallest absolute Gasteiger partial charge is 0.410 e. The molecule has 0 spiro atoms. The Balaban J connectivity index is 1.56. The number of amides is 2. The van der Waals surface area contributed by atoms with E-state index in [0.717, 1.165) is 24.1 Å². The first-order chi connectivity index (χ1) is 12.1. The molecule has 25 heavy (non-hydrogen) atoms. The van der Waals surface area contributed by atoms with Crippen molar-refractivity contribution in [1.29, 1.82) is 0 Å². The van der Waals surface area contributed by atoms with Crippen LogP contribution in [0.5, 0.6) is 0 Å². The third kappa shape index (κ3) is 4.06. The van der Waals surface area contributed by atoms with E-state index in [1.54, 1.807) is 17.4 Å². The Hall–Kier alpha value is -1.82. The van der Waals surface area contributed by atoms with Crippen LogP contribution in [0.3, 0.4) is 0 Å². The fraction of sp³-hybridized carbons (Fsp3) is 0.579. The molecule has 0 N–H and O–H groups in total. The predicted octanol–water partition coefficient (Wildman–Crippen LogP) is 3.62. The monoisotopic (exact) mass is 362 g/mol. The number of piperidine rings is 1. The summed E-state index contributed by atoms with van der Waals surface area (Å²) in [5, 5.41) is 2.00. The lowest BCUT2D eigenvalue weighted by Gasteiger charge is -2.38. The van der Waals surface area contributed by atoms with Gasteiger partial charge in [0.2, 0.25) is 5.91 Å². The number of rotatable bonds is 5. The largest absolute Gasteiger partial charge is 0.447 e. The second-order valence-electron chi connectivity index (χ2n) is 6.84. The SMILES string of the molecule is CCC(C)C1COC(=O)N1C1CCN(C(=O)C=Cc2cccs2)CC1. The molecule has 2 atom stereocenters. The van der Waals surface area contributed by atoms with Crippen LogP contribution in [0.2, 0.25) is 0 Å². The zero-order valence-corrected chi connectivity index (χ0v) is 15.7. The van der Waals surface area contributed by atoms with Crippen LogP contribution >= 0.6 is 11.3 Å². The van der Waals surface area contributed by atoms with E-state index in [0.29, 0.717) is 25.6 Å². The first-order valence-electron chi connectivity index (χ1n) is 9.05. The highest BCUT2D eigenvalue weighted by Gasteiger charge is 2.41. The molecule has 136 valence electrons. The van der Waals surface area contributed by atoms with E-state index < -0.39 is 0 Å². The van der Waals surface area contributed by atoms with Crippen molar-refractivity contribution in [2.75, 3.05) is 19.7 Å². The second-order valence-corrected chi connectivity index (χ2v) is 7.82. The standard InChI is InChI=1S/C19H26N2O3S/c1-3-14(2)17-13-24-19(23)21(17)15-8-10-20(11-9-15)18(22)7-6-16-5-4-12-25-16/h4-7,12,14-15,17H,3,8-11,13H2,1-2H3. The van der Waals surface area contributed by atoms with Crippen molar-refractivity contribution < 1.29 is 14.3 Å². The summed E-state index contributed by atoms with van der Waals surface area (Å²) in [4.78, 5) is 29.4. The zero-order valence-electron chi connectivity index (χ0n) is 14.9. The molecule has 2 unspecified atom stereocenters. The van der Waals surface area contributed by atoms with Gasteiger partial charge in [-0.2, -0.15) is 0 Å². The quantitative estimate of drug-likeness (QED) is 0.752. The molecule has 2 amide bonds. The molecule has 5 nitrogen and oxygen atoms in total. The number of carbonyl (C=O) groups is 2. The van der Waals surface area contributed by atoms with E-state index in [1.165, 1.54) is 0 Å². The summed E-state index contributed by atoms with van der Waals surface area (Å²) in [5.74, 6) is 0.481. The minimum Gasteiger partial charge on any atom is -0.447 e. The number of likely N-dealkylation sites (tertiary alicyclic amines) is 1. The van der Waals surface area contributed by atoms with Gasteiger partial charge in [0.25, 0.3) is 0 Å². The van der Waals surface area contributed by atoms with Crippen LogP contribution < -0.4 is 0 Å². The Labute approximate surface area is 153 Å². The van der Waals surface area contributed by atoms with Crippen molar-refractivity contribution in [2.24, 2.45) is 5.92 Å². The number of nitrogens with zero attached hydrogens (tertiary/aromatic N) is 2. The molecule has 0 aromatic carbocycles. The van der Waals surface area contributed by atoms with Crippen LogP contribution in [0, 0.1) is 5.92 Å². The van der Waals surface area contributed by atoms with Gasteiger partial charge in [-0.1, -0.05) is 26.3 Å². The minimum absolute atomic E-state index is 0.0503. The average Bonchev–Trinajstić information content (AvgIpc) is 3.28. The molecule has 3 rings (SSSR count). The Morgan fingerprint density at radius 3 is 2.84 bits per heavy atom. The van der Waals surface area contributed by atoms with Crippen LogP contribution in [-0.2, 0) is 9.53 Å². The highest BCUT2D eigenvalue weighted by atomic mass is 32.1. The number of cyclic esters (lactones) is 1. The number of carbonyl (C=O) groups excluding carboxylic acids is 2. The predicted molar refractivity (Wildman–Crippen MR) is 99.4 cm³/mol. The fourth-order valence-electron chi connectivity index (χ4n) is 3.59. The lowest BCUT2D eigenvalue weighted by Crippen LogP contribution is -2.51. The molecule has 1 aromatic heterocycles. The highest BCUT2D eigenvalue weighted by molar-refractivity contribution is 7.10. The van der Waals surface area contributed by atoms with Crippen molar-refractivity contribution >= 4 is 29.4 Å². The molecule has 2 saturated heterocycles. The van der Waals surface area contributed by atoms with E-state index in [9.17, 15) is 9.59 Å². The van der Waals surface area contributed by atoms with Gasteiger partial charge >= 0.3 is 6.09 Å². The number of thiophene rings is 1. The third-order valence-electron chi connectivity index (χ3n) is 5.35. The minimum atomic E-state index is -0.187. The van der Waals surface area contributed by atoms with Gasteiger partial charge in [-0.3, -0.25) is 9.69 Å². The summed E-state index contributed by atoms with van der Waals surface area (Å²) < 4.78 is 5.30. The summed E-state index contributed by atoms with van der Waals surface area (Å²) >= 11 is 1.62. The van der Waals surface area contributed by atoms with Crippen LogP contribution in [0.1, 0.15) is 38.0 Å². The molecule has 0 bridgehead atoms. The first kappa shape index (κ1) is 18.0. The maximum absolute atomic E-state index is 12.3. The molecule has 6 heteroatoms. The fourth-order valence-corrected chi connectivity index (χ4v) is 4.20. The number of ether oxygens (including phenoxy) is 1. The van der Waals surface area contributed by atoms with Gasteiger partial charge in [-0.25, -0.2) is 4.79 Å². The van der Waals surface area contributed by atoms with Gasteiger partial charge in [0.15, 0.2) is 0 Å². The lowest BCUT2D eigenvalue weighted by molar-refractivity contribution is -0.127. The van der Waals surface area contributed by atoms with Gasteiger partial charge in [0.1, 0.15) is 6.61 Å². The first-order valence-corrected chi connectivity index (χ1v) is 9.93. The van der Waals surface area contributed by atoms with Gasteiger partial charge in [0, 0.05) is 30.1 Å². The number of hydrogen-bond donors (Lipinski definition) is 0. The molecule has 0 aliphatic carbocycles. The van der Waals surface area contributed by atoms with Crippen molar-refractivity contribution in [3.05, 3.63) is 28.5 Å². The molecule has 2 aliphatic heterocycles. The maximum Gasteiger partial charge on any atom is 0.410 e. The molecular formula is C19H26N2O3S. The van der Waals surface area contributed by atoms with E-state index in [-0.39, 0.29) is 24.1 Å². The van der Waals surface area contributed by atoms with Crippen LogP contribution in [0.15, 0.2) is 23.6 Å². The van der Waals surface area contributed by atoms with Crippen LogP contribution in [-0.4, -0.2) is 53.6 Å². The maximum atomic E-state index is 12.3. The molecule has 3 heterocycles. The zero-order chi connectivity index (χ0) is 17.8. The Bertz CT molecular complexity index is 621. The lowest BCUT2D eigenvalue weighted by atomic mass is 9.95. The molecule has 2 aliphatic rings. The Morgan fingerprint density at radius 1 is 1.44 bits per heavy atom. The molecule has 1 aromatic rings. The summed E-state index contributed by atoms with van der Waals surface area (Å²) in [7, 11) is 0. The van der Waals surface area contributed by atoms with Crippen molar-refractivity contribution in [3.63, 3.8) is 0 Å². The second kappa shape index (κ2) is 8.04. The van der Waals surface area contributed by atoms with Gasteiger partial charge < -0.3 is 9.64 Å². The number of hydrogen-bond acceptors (Lipinski definition) is 4. The van der Waals surface area contributed by atoms with Crippen LogP contribution in [0.25, 0.3) is 6.08 Å². The Morgan fingerprint density at radius 2 is 2.20 bits per heavy atom. The van der Waals surface area contributed by atoms with Crippen molar-refractivity contribution in [2.45, 2.75) is 45.2 Å². The highest BCUT2D eigenvalue weighted by Crippen LogP contribution is 2.28. The normalized spacial score (nSPS) is 23.3. The summed E-state index contributed by atoms with van der Waals surface area (Å²) in [6, 6.07) is 4.32. The molecule has 0 saturated carbocycles. The molecule has 2 fully saturated rings. The van der Waals surface area contributed by atoms with Crippen LogP contribution in [0.4, 0.5) is 4.79 Å². The van der Waals surface area contributed by atoms with Crippen molar-refractivity contribution in [1.82, 2.24) is 9.80 Å². The average molecular weight is 362 g/mol. The molecule has 0 radical (unpaired) electrons. The van der Waals surface area contributed by atoms with Crippen molar-refractivity contribution in [3.8, 4) is 0 Å².